The van der Waals surface area contributed by atoms with Gasteiger partial charge in [0.25, 0.3) is 0 Å². The minimum absolute atomic E-state index is 0.0842. The predicted molar refractivity (Wildman–Crippen MR) is 77.4 cm³/mol. The fourth-order valence-corrected chi connectivity index (χ4v) is 3.05. The smallest absolute Gasteiger partial charge is 0.232 e. The number of unbranched alkanes of at least 4 members (excludes halogenated alkanes) is 1. The van der Waals surface area contributed by atoms with Gasteiger partial charge in [-0.15, -0.1) is 0 Å². The third-order valence-corrected chi connectivity index (χ3v) is 4.14. The van der Waals surface area contributed by atoms with E-state index in [1.54, 1.807) is 24.4 Å². The molecule has 0 amide bonds. The predicted octanol–water partition coefficient (Wildman–Crippen LogP) is 1.72. The summed E-state index contributed by atoms with van der Waals surface area (Å²) in [6.45, 7) is 0.508. The van der Waals surface area contributed by atoms with Gasteiger partial charge in [0.2, 0.25) is 10.0 Å². The maximum absolute atomic E-state index is 11.9. The van der Waals surface area contributed by atoms with E-state index < -0.39 is 10.0 Å². The van der Waals surface area contributed by atoms with Crippen LogP contribution >= 0.6 is 0 Å². The number of nitrogens with two attached hydrogens (primary N) is 1. The van der Waals surface area contributed by atoms with Crippen LogP contribution in [0.5, 0.6) is 0 Å². The molecule has 1 heterocycles. The van der Waals surface area contributed by atoms with Crippen molar-refractivity contribution in [3.8, 4) is 0 Å². The summed E-state index contributed by atoms with van der Waals surface area (Å²) in [5.41, 5.74) is 6.70. The number of anilines is 1. The lowest BCUT2D eigenvalue weighted by Crippen LogP contribution is -2.17. The molecule has 0 aliphatic carbocycles. The van der Waals surface area contributed by atoms with Gasteiger partial charge in [-0.1, -0.05) is 6.07 Å². The van der Waals surface area contributed by atoms with Gasteiger partial charge in [0.1, 0.15) is 0 Å². The number of aromatic nitrogens is 1. The van der Waals surface area contributed by atoms with Crippen LogP contribution in [0.1, 0.15) is 12.8 Å². The summed E-state index contributed by atoms with van der Waals surface area (Å²) in [6.07, 6.45) is 2.95. The van der Waals surface area contributed by atoms with Crippen LogP contribution in [0.4, 0.5) is 5.69 Å². The van der Waals surface area contributed by atoms with Gasteiger partial charge in [0, 0.05) is 11.6 Å². The molecule has 102 valence electrons. The van der Waals surface area contributed by atoms with Crippen LogP contribution in [0.15, 0.2) is 36.5 Å². The highest BCUT2D eigenvalue weighted by Gasteiger charge is 2.11. The Bertz CT molecular complexity index is 650. The summed E-state index contributed by atoms with van der Waals surface area (Å²) in [5.74, 6) is 0.0842. The molecule has 0 aliphatic heterocycles. The molecule has 2 aromatic rings. The average Bonchev–Trinajstić information content (AvgIpc) is 2.39. The largest absolute Gasteiger partial charge is 0.330 e. The number of hydrogen-bond acceptors (Lipinski definition) is 4. The lowest BCUT2D eigenvalue weighted by atomic mass is 10.2. The number of pyridine rings is 1. The van der Waals surface area contributed by atoms with Crippen LogP contribution in [0.2, 0.25) is 0 Å². The van der Waals surface area contributed by atoms with E-state index in [2.05, 4.69) is 9.71 Å². The topological polar surface area (TPSA) is 85.1 Å². The molecular weight excluding hydrogens is 262 g/mol. The lowest BCUT2D eigenvalue weighted by Gasteiger charge is -2.10. The highest BCUT2D eigenvalue weighted by molar-refractivity contribution is 7.92. The molecule has 0 bridgehead atoms. The molecular formula is C13H17N3O2S. The van der Waals surface area contributed by atoms with E-state index in [9.17, 15) is 8.42 Å². The van der Waals surface area contributed by atoms with Gasteiger partial charge in [0.15, 0.2) is 0 Å². The molecule has 0 fully saturated rings. The summed E-state index contributed by atoms with van der Waals surface area (Å²) >= 11 is 0. The van der Waals surface area contributed by atoms with Gasteiger partial charge >= 0.3 is 0 Å². The molecule has 19 heavy (non-hydrogen) atoms. The molecule has 0 radical (unpaired) electrons. The van der Waals surface area contributed by atoms with Gasteiger partial charge in [-0.2, -0.15) is 0 Å². The first kappa shape index (κ1) is 13.8. The van der Waals surface area contributed by atoms with E-state index in [4.69, 9.17) is 5.73 Å². The molecule has 0 spiro atoms. The molecule has 0 saturated carbocycles. The van der Waals surface area contributed by atoms with Gasteiger partial charge in [0.05, 0.1) is 17.0 Å². The lowest BCUT2D eigenvalue weighted by molar-refractivity contribution is 0.597. The number of hydrogen-bond donors (Lipinski definition) is 2. The second kappa shape index (κ2) is 5.99. The fourth-order valence-electron chi connectivity index (χ4n) is 1.85. The molecule has 0 unspecified atom stereocenters. The second-order valence-corrected chi connectivity index (χ2v) is 6.13. The van der Waals surface area contributed by atoms with Crippen molar-refractivity contribution in [2.24, 2.45) is 5.73 Å². The van der Waals surface area contributed by atoms with Crippen molar-refractivity contribution in [2.45, 2.75) is 12.8 Å². The molecule has 0 aliphatic rings. The average molecular weight is 279 g/mol. The number of rotatable bonds is 6. The first-order valence-corrected chi connectivity index (χ1v) is 7.82. The van der Waals surface area contributed by atoms with Crippen molar-refractivity contribution >= 4 is 26.6 Å². The Balaban J connectivity index is 2.21. The van der Waals surface area contributed by atoms with E-state index >= 15 is 0 Å². The molecule has 1 aromatic carbocycles. The fraction of sp³-hybridized carbons (Fsp3) is 0.308. The zero-order valence-electron chi connectivity index (χ0n) is 10.5. The highest BCUT2D eigenvalue weighted by Crippen LogP contribution is 2.22. The third kappa shape index (κ3) is 3.65. The molecule has 5 nitrogen and oxygen atoms in total. The van der Waals surface area contributed by atoms with Gasteiger partial charge in [-0.3, -0.25) is 9.71 Å². The summed E-state index contributed by atoms with van der Waals surface area (Å²) in [5, 5.41) is 0.799. The maximum Gasteiger partial charge on any atom is 0.232 e. The molecule has 0 saturated heterocycles. The summed E-state index contributed by atoms with van der Waals surface area (Å²) in [4.78, 5) is 4.20. The van der Waals surface area contributed by atoms with E-state index in [0.717, 1.165) is 10.9 Å². The Labute approximate surface area is 112 Å². The first-order chi connectivity index (χ1) is 9.12. The minimum Gasteiger partial charge on any atom is -0.330 e. The summed E-state index contributed by atoms with van der Waals surface area (Å²) < 4.78 is 26.5. The number of nitrogens with one attached hydrogen (secondary N) is 1. The Morgan fingerprint density at radius 2 is 2.00 bits per heavy atom. The van der Waals surface area contributed by atoms with Crippen molar-refractivity contribution in [1.29, 1.82) is 0 Å². The van der Waals surface area contributed by atoms with Crippen molar-refractivity contribution in [2.75, 3.05) is 17.0 Å². The first-order valence-electron chi connectivity index (χ1n) is 6.17. The van der Waals surface area contributed by atoms with E-state index in [1.807, 2.05) is 12.1 Å². The van der Waals surface area contributed by atoms with Crippen LogP contribution < -0.4 is 10.5 Å². The minimum atomic E-state index is -3.33. The van der Waals surface area contributed by atoms with E-state index in [1.165, 1.54) is 0 Å². The van der Waals surface area contributed by atoms with Gasteiger partial charge < -0.3 is 5.73 Å². The molecule has 0 atom stereocenters. The molecule has 1 aromatic heterocycles. The number of nitrogens with zero attached hydrogens (tertiary/aromatic N) is 1. The standard InChI is InChI=1S/C13H17N3O2S/c14-8-1-2-10-19(17,18)16-13-7-3-6-12-11(13)5-4-9-15-12/h3-7,9,16H,1-2,8,10,14H2. The highest BCUT2D eigenvalue weighted by atomic mass is 32.2. The summed E-state index contributed by atoms with van der Waals surface area (Å²) in [7, 11) is -3.33. The maximum atomic E-state index is 11.9. The van der Waals surface area contributed by atoms with Crippen molar-refractivity contribution < 1.29 is 8.42 Å². The van der Waals surface area contributed by atoms with Crippen LogP contribution in [0.3, 0.4) is 0 Å². The zero-order valence-corrected chi connectivity index (χ0v) is 11.4. The number of benzene rings is 1. The second-order valence-electron chi connectivity index (χ2n) is 4.29. The Morgan fingerprint density at radius 3 is 2.79 bits per heavy atom. The van der Waals surface area contributed by atoms with Crippen LogP contribution in [0, 0.1) is 0 Å². The number of fused-ring (bicyclic) bond motifs is 1. The molecule has 6 heteroatoms. The van der Waals surface area contributed by atoms with E-state index in [0.29, 0.717) is 25.1 Å². The van der Waals surface area contributed by atoms with Crippen molar-refractivity contribution in [3.05, 3.63) is 36.5 Å². The van der Waals surface area contributed by atoms with Crippen molar-refractivity contribution in [3.63, 3.8) is 0 Å². The Morgan fingerprint density at radius 1 is 1.16 bits per heavy atom. The van der Waals surface area contributed by atoms with Crippen molar-refractivity contribution in [1.82, 2.24) is 4.98 Å². The van der Waals surface area contributed by atoms with Crippen LogP contribution in [-0.4, -0.2) is 25.7 Å². The normalized spacial score (nSPS) is 11.6. The van der Waals surface area contributed by atoms with Gasteiger partial charge in [-0.25, -0.2) is 8.42 Å². The zero-order chi connectivity index (χ0) is 13.7. The molecule has 2 rings (SSSR count). The molecule has 3 N–H and O–H groups in total. The van der Waals surface area contributed by atoms with E-state index in [-0.39, 0.29) is 5.75 Å². The Kier molecular flexibility index (Phi) is 4.34. The van der Waals surface area contributed by atoms with Gasteiger partial charge in [-0.05, 0) is 43.7 Å². The Hall–Kier alpha value is -1.66. The monoisotopic (exact) mass is 279 g/mol. The number of sulfonamides is 1. The quantitative estimate of drug-likeness (QED) is 0.788. The van der Waals surface area contributed by atoms with Crippen LogP contribution in [-0.2, 0) is 10.0 Å². The summed E-state index contributed by atoms with van der Waals surface area (Å²) in [6, 6.07) is 9.01. The SMILES string of the molecule is NCCCCS(=O)(=O)Nc1cccc2ncccc12. The van der Waals surface area contributed by atoms with Crippen LogP contribution in [0.25, 0.3) is 10.9 Å². The third-order valence-electron chi connectivity index (χ3n) is 2.78.